The Labute approximate surface area is 121 Å². The first-order valence-corrected chi connectivity index (χ1v) is 6.57. The van der Waals surface area contributed by atoms with E-state index < -0.39 is 11.4 Å². The number of hydrogen-bond acceptors (Lipinski definition) is 5. The summed E-state index contributed by atoms with van der Waals surface area (Å²) in [6.45, 7) is 2.00. The van der Waals surface area contributed by atoms with E-state index in [1.54, 1.807) is 31.3 Å². The van der Waals surface area contributed by atoms with E-state index in [-0.39, 0.29) is 6.61 Å². The standard InChI is InChI=1S/C13H12ClNO3S/c1-2-17-12(16)13(19)18-10-6-5-9(14)8-4-3-7-15-11(8)10/h3-7,13,19H,2H2,1H3. The van der Waals surface area contributed by atoms with Crippen LogP contribution in [0.15, 0.2) is 30.5 Å². The minimum Gasteiger partial charge on any atom is -0.466 e. The number of pyridine rings is 1. The van der Waals surface area contributed by atoms with Crippen LogP contribution in [0.5, 0.6) is 5.75 Å². The summed E-state index contributed by atoms with van der Waals surface area (Å²) in [7, 11) is 0. The van der Waals surface area contributed by atoms with Crippen molar-refractivity contribution < 1.29 is 14.3 Å². The molecule has 4 nitrogen and oxygen atoms in total. The van der Waals surface area contributed by atoms with Crippen LogP contribution >= 0.6 is 24.2 Å². The number of hydrogen-bond donors (Lipinski definition) is 1. The molecule has 0 aliphatic carbocycles. The Morgan fingerprint density at radius 3 is 3.00 bits per heavy atom. The van der Waals surface area contributed by atoms with Crippen molar-refractivity contribution in [2.24, 2.45) is 0 Å². The van der Waals surface area contributed by atoms with Gasteiger partial charge < -0.3 is 9.47 Å². The van der Waals surface area contributed by atoms with Gasteiger partial charge in [-0.05, 0) is 31.2 Å². The number of rotatable bonds is 4. The first-order valence-electron chi connectivity index (χ1n) is 5.68. The molecule has 0 aliphatic rings. The SMILES string of the molecule is CCOC(=O)C(S)Oc1ccc(Cl)c2cccnc12. The number of esters is 1. The van der Waals surface area contributed by atoms with Gasteiger partial charge in [-0.3, -0.25) is 4.98 Å². The molecule has 0 radical (unpaired) electrons. The molecular formula is C13H12ClNO3S. The molecule has 0 amide bonds. The molecule has 1 atom stereocenters. The minimum absolute atomic E-state index is 0.277. The summed E-state index contributed by atoms with van der Waals surface area (Å²) in [6.07, 6.45) is 1.63. The molecule has 0 spiro atoms. The molecule has 19 heavy (non-hydrogen) atoms. The number of nitrogens with zero attached hydrogens (tertiary/aromatic N) is 1. The van der Waals surface area contributed by atoms with E-state index in [0.717, 1.165) is 5.39 Å². The fraction of sp³-hybridized carbons (Fsp3) is 0.231. The molecule has 1 heterocycles. The zero-order valence-corrected chi connectivity index (χ0v) is 11.8. The number of aromatic nitrogens is 1. The number of carbonyl (C=O) groups is 1. The quantitative estimate of drug-likeness (QED) is 0.535. The van der Waals surface area contributed by atoms with Crippen molar-refractivity contribution in [3.05, 3.63) is 35.5 Å². The molecule has 0 fully saturated rings. The maximum atomic E-state index is 11.5. The van der Waals surface area contributed by atoms with Gasteiger partial charge >= 0.3 is 5.97 Å². The van der Waals surface area contributed by atoms with Crippen molar-refractivity contribution in [2.75, 3.05) is 6.61 Å². The van der Waals surface area contributed by atoms with Gasteiger partial charge in [0, 0.05) is 11.6 Å². The lowest BCUT2D eigenvalue weighted by atomic mass is 10.2. The maximum Gasteiger partial charge on any atom is 0.357 e. The lowest BCUT2D eigenvalue weighted by Gasteiger charge is -2.14. The first-order chi connectivity index (χ1) is 9.13. The van der Waals surface area contributed by atoms with Crippen molar-refractivity contribution >= 4 is 41.1 Å². The molecule has 0 saturated carbocycles. The summed E-state index contributed by atoms with van der Waals surface area (Å²) in [5.41, 5.74) is -0.412. The van der Waals surface area contributed by atoms with Gasteiger partial charge in [0.05, 0.1) is 11.6 Å². The molecule has 6 heteroatoms. The highest BCUT2D eigenvalue weighted by molar-refractivity contribution is 7.81. The maximum absolute atomic E-state index is 11.5. The minimum atomic E-state index is -0.994. The molecule has 1 unspecified atom stereocenters. The predicted molar refractivity (Wildman–Crippen MR) is 76.8 cm³/mol. The van der Waals surface area contributed by atoms with E-state index in [2.05, 4.69) is 17.6 Å². The summed E-state index contributed by atoms with van der Waals surface area (Å²) in [6, 6.07) is 6.95. The van der Waals surface area contributed by atoms with Crippen LogP contribution in [0.1, 0.15) is 6.92 Å². The van der Waals surface area contributed by atoms with Crippen LogP contribution in [-0.2, 0) is 9.53 Å². The third-order valence-corrected chi connectivity index (χ3v) is 3.05. The van der Waals surface area contributed by atoms with Crippen LogP contribution in [0.3, 0.4) is 0 Å². The molecule has 1 aromatic heterocycles. The molecule has 1 aromatic carbocycles. The third kappa shape index (κ3) is 3.11. The van der Waals surface area contributed by atoms with E-state index in [9.17, 15) is 4.79 Å². The number of benzene rings is 1. The van der Waals surface area contributed by atoms with Gasteiger partial charge in [0.1, 0.15) is 11.3 Å². The lowest BCUT2D eigenvalue weighted by molar-refractivity contribution is -0.147. The Balaban J connectivity index is 2.31. The number of thiol groups is 1. The van der Waals surface area contributed by atoms with Crippen molar-refractivity contribution in [1.82, 2.24) is 4.98 Å². The Bertz CT molecular complexity index is 605. The van der Waals surface area contributed by atoms with Crippen molar-refractivity contribution in [3.63, 3.8) is 0 Å². The van der Waals surface area contributed by atoms with Crippen LogP contribution in [0.2, 0.25) is 5.02 Å². The number of fused-ring (bicyclic) bond motifs is 1. The topological polar surface area (TPSA) is 48.4 Å². The second kappa shape index (κ2) is 6.12. The molecular weight excluding hydrogens is 286 g/mol. The zero-order valence-electron chi connectivity index (χ0n) is 10.2. The van der Waals surface area contributed by atoms with Gasteiger partial charge in [-0.15, -0.1) is 12.6 Å². The van der Waals surface area contributed by atoms with Crippen LogP contribution in [0.25, 0.3) is 10.9 Å². The van der Waals surface area contributed by atoms with Gasteiger partial charge in [-0.2, -0.15) is 0 Å². The first kappa shape index (κ1) is 14.0. The molecule has 100 valence electrons. The van der Waals surface area contributed by atoms with Crippen LogP contribution in [-0.4, -0.2) is 23.0 Å². The molecule has 2 aromatic rings. The monoisotopic (exact) mass is 297 g/mol. The summed E-state index contributed by atoms with van der Waals surface area (Å²) in [4.78, 5) is 15.7. The highest BCUT2D eigenvalue weighted by Crippen LogP contribution is 2.30. The van der Waals surface area contributed by atoms with E-state index in [1.807, 2.05) is 6.07 Å². The lowest BCUT2D eigenvalue weighted by Crippen LogP contribution is -2.24. The summed E-state index contributed by atoms with van der Waals surface area (Å²) in [5.74, 6) is -0.0992. The van der Waals surface area contributed by atoms with Crippen LogP contribution in [0.4, 0.5) is 0 Å². The number of carbonyl (C=O) groups excluding carboxylic acids is 1. The normalized spacial score (nSPS) is 12.2. The van der Waals surface area contributed by atoms with Gasteiger partial charge in [0.25, 0.3) is 0 Å². The fourth-order valence-electron chi connectivity index (χ4n) is 1.59. The Morgan fingerprint density at radius 2 is 2.26 bits per heavy atom. The van der Waals surface area contributed by atoms with Crippen LogP contribution < -0.4 is 4.74 Å². The van der Waals surface area contributed by atoms with Gasteiger partial charge in [-0.25, -0.2) is 4.79 Å². The predicted octanol–water partition coefficient (Wildman–Crippen LogP) is 3.09. The average Bonchev–Trinajstić information content (AvgIpc) is 2.42. The Hall–Kier alpha value is -1.46. The molecule has 0 saturated heterocycles. The third-order valence-electron chi connectivity index (χ3n) is 2.41. The summed E-state index contributed by atoms with van der Waals surface area (Å²) in [5, 5.41) is 1.33. The van der Waals surface area contributed by atoms with Crippen molar-refractivity contribution in [1.29, 1.82) is 0 Å². The highest BCUT2D eigenvalue weighted by atomic mass is 35.5. The molecule has 2 rings (SSSR count). The summed E-state index contributed by atoms with van der Waals surface area (Å²) >= 11 is 10.1. The number of ether oxygens (including phenoxy) is 2. The summed E-state index contributed by atoms with van der Waals surface area (Å²) < 4.78 is 10.3. The number of halogens is 1. The van der Waals surface area contributed by atoms with Crippen molar-refractivity contribution in [3.8, 4) is 5.75 Å². The van der Waals surface area contributed by atoms with Crippen molar-refractivity contribution in [2.45, 2.75) is 12.4 Å². The largest absolute Gasteiger partial charge is 0.466 e. The second-order valence-corrected chi connectivity index (χ2v) is 4.54. The average molecular weight is 298 g/mol. The Kier molecular flexibility index (Phi) is 4.50. The van der Waals surface area contributed by atoms with Gasteiger partial charge in [-0.1, -0.05) is 11.6 Å². The van der Waals surface area contributed by atoms with Gasteiger partial charge in [0.15, 0.2) is 0 Å². The van der Waals surface area contributed by atoms with Crippen LogP contribution in [0, 0.1) is 0 Å². The van der Waals surface area contributed by atoms with Gasteiger partial charge in [0.2, 0.25) is 5.44 Å². The smallest absolute Gasteiger partial charge is 0.357 e. The molecule has 0 aliphatic heterocycles. The molecule has 0 bridgehead atoms. The van der Waals surface area contributed by atoms with E-state index in [0.29, 0.717) is 16.3 Å². The fourth-order valence-corrected chi connectivity index (χ4v) is 1.99. The second-order valence-electron chi connectivity index (χ2n) is 3.67. The van der Waals surface area contributed by atoms with E-state index >= 15 is 0 Å². The molecule has 0 N–H and O–H groups in total. The van der Waals surface area contributed by atoms with E-state index in [1.165, 1.54) is 0 Å². The Morgan fingerprint density at radius 1 is 1.47 bits per heavy atom. The highest BCUT2D eigenvalue weighted by Gasteiger charge is 2.18. The van der Waals surface area contributed by atoms with E-state index in [4.69, 9.17) is 21.1 Å². The zero-order chi connectivity index (χ0) is 13.8.